The summed E-state index contributed by atoms with van der Waals surface area (Å²) in [6.07, 6.45) is 6.85. The molecule has 7 nitrogen and oxygen atoms in total. The lowest BCUT2D eigenvalue weighted by atomic mass is 9.90. The van der Waals surface area contributed by atoms with Gasteiger partial charge in [0.2, 0.25) is 0 Å². The normalized spacial score (nSPS) is 17.2. The highest BCUT2D eigenvalue weighted by molar-refractivity contribution is 5.97. The maximum atomic E-state index is 12.6. The fourth-order valence-corrected chi connectivity index (χ4v) is 3.19. The van der Waals surface area contributed by atoms with Crippen molar-refractivity contribution in [1.82, 2.24) is 14.7 Å². The molecule has 2 aromatic heterocycles. The van der Waals surface area contributed by atoms with E-state index in [9.17, 15) is 19.5 Å². The van der Waals surface area contributed by atoms with E-state index in [2.05, 4.69) is 10.3 Å². The number of carbonyl (C=O) groups excluding carboxylic acids is 1. The highest BCUT2D eigenvalue weighted by Crippen LogP contribution is 2.27. The van der Waals surface area contributed by atoms with Gasteiger partial charge in [-0.1, -0.05) is 31.7 Å². The van der Waals surface area contributed by atoms with Crippen LogP contribution < -0.4 is 10.9 Å². The van der Waals surface area contributed by atoms with Gasteiger partial charge in [-0.05, 0) is 25.0 Å². The third-order valence-electron chi connectivity index (χ3n) is 4.58. The zero-order valence-electron chi connectivity index (χ0n) is 13.2. The Morgan fingerprint density at radius 2 is 1.88 bits per heavy atom. The van der Waals surface area contributed by atoms with Crippen molar-refractivity contribution in [3.63, 3.8) is 0 Å². The van der Waals surface area contributed by atoms with Crippen LogP contribution in [0.5, 0.6) is 0 Å². The summed E-state index contributed by atoms with van der Waals surface area (Å²) < 4.78 is 1.27. The lowest BCUT2D eigenvalue weighted by Crippen LogP contribution is -2.55. The third-order valence-corrected chi connectivity index (χ3v) is 4.58. The maximum Gasteiger partial charge on any atom is 0.329 e. The summed E-state index contributed by atoms with van der Waals surface area (Å²) >= 11 is 0. The lowest BCUT2D eigenvalue weighted by molar-refractivity contribution is -0.145. The molecule has 1 aliphatic carbocycles. The van der Waals surface area contributed by atoms with E-state index < -0.39 is 23.0 Å². The number of pyridine rings is 1. The van der Waals surface area contributed by atoms with E-state index in [4.69, 9.17) is 0 Å². The number of carboxylic acid groups (broad SMARTS) is 1. The molecule has 1 fully saturated rings. The SMILES string of the molecule is O=C(NC1(C(=O)O)CCCCCC1)c1cnc2ccccn2c1=O. The quantitative estimate of drug-likeness (QED) is 0.833. The van der Waals surface area contributed by atoms with E-state index in [0.29, 0.717) is 18.5 Å². The molecule has 2 aromatic rings. The number of aromatic nitrogens is 2. The average molecular weight is 329 g/mol. The van der Waals surface area contributed by atoms with E-state index in [0.717, 1.165) is 25.7 Å². The molecule has 7 heteroatoms. The molecule has 0 aliphatic heterocycles. The number of hydrogen-bond donors (Lipinski definition) is 2. The van der Waals surface area contributed by atoms with Crippen molar-refractivity contribution in [2.75, 3.05) is 0 Å². The van der Waals surface area contributed by atoms with Gasteiger partial charge in [-0.25, -0.2) is 9.78 Å². The molecular weight excluding hydrogens is 310 g/mol. The number of nitrogens with zero attached hydrogens (tertiary/aromatic N) is 2. The molecule has 0 spiro atoms. The highest BCUT2D eigenvalue weighted by Gasteiger charge is 2.40. The number of carbonyl (C=O) groups is 2. The van der Waals surface area contributed by atoms with Gasteiger partial charge in [-0.15, -0.1) is 0 Å². The Balaban J connectivity index is 1.95. The molecule has 1 saturated carbocycles. The molecule has 2 N–H and O–H groups in total. The first kappa shape index (κ1) is 16.2. The number of carboxylic acids is 1. The summed E-state index contributed by atoms with van der Waals surface area (Å²) in [6.45, 7) is 0. The van der Waals surface area contributed by atoms with E-state index >= 15 is 0 Å². The first-order chi connectivity index (χ1) is 11.5. The molecule has 0 saturated heterocycles. The largest absolute Gasteiger partial charge is 0.480 e. The summed E-state index contributed by atoms with van der Waals surface area (Å²) in [6, 6.07) is 5.07. The number of amides is 1. The van der Waals surface area contributed by atoms with Crippen molar-refractivity contribution in [3.05, 3.63) is 46.5 Å². The second-order valence-electron chi connectivity index (χ2n) is 6.16. The maximum absolute atomic E-state index is 12.6. The number of rotatable bonds is 3. The van der Waals surface area contributed by atoms with Gasteiger partial charge in [-0.3, -0.25) is 14.0 Å². The molecule has 0 atom stereocenters. The van der Waals surface area contributed by atoms with Gasteiger partial charge in [0.05, 0.1) is 0 Å². The molecule has 126 valence electrons. The van der Waals surface area contributed by atoms with E-state index in [1.54, 1.807) is 18.2 Å². The van der Waals surface area contributed by atoms with Gasteiger partial charge < -0.3 is 10.4 Å². The molecule has 0 aromatic carbocycles. The van der Waals surface area contributed by atoms with Crippen LogP contribution in [0.3, 0.4) is 0 Å². The van der Waals surface area contributed by atoms with Crippen molar-refractivity contribution >= 4 is 17.5 Å². The van der Waals surface area contributed by atoms with Crippen molar-refractivity contribution in [1.29, 1.82) is 0 Å². The van der Waals surface area contributed by atoms with Crippen molar-refractivity contribution in [2.24, 2.45) is 0 Å². The topological polar surface area (TPSA) is 101 Å². The van der Waals surface area contributed by atoms with E-state index in [1.807, 2.05) is 0 Å². The number of hydrogen-bond acceptors (Lipinski definition) is 4. The van der Waals surface area contributed by atoms with Gasteiger partial charge in [0.15, 0.2) is 0 Å². The Labute approximate surface area is 138 Å². The molecule has 0 unspecified atom stereocenters. The van der Waals surface area contributed by atoms with Crippen LogP contribution in [-0.4, -0.2) is 31.9 Å². The Hall–Kier alpha value is -2.70. The molecule has 0 bridgehead atoms. The van der Waals surface area contributed by atoms with Gasteiger partial charge >= 0.3 is 5.97 Å². The zero-order valence-corrected chi connectivity index (χ0v) is 13.2. The zero-order chi connectivity index (χ0) is 17.2. The summed E-state index contributed by atoms with van der Waals surface area (Å²) in [4.78, 5) is 40.9. The van der Waals surface area contributed by atoms with Crippen LogP contribution in [0.25, 0.3) is 5.65 Å². The van der Waals surface area contributed by atoms with Crippen LogP contribution in [0.2, 0.25) is 0 Å². The van der Waals surface area contributed by atoms with Gasteiger partial charge in [0, 0.05) is 12.4 Å². The first-order valence-electron chi connectivity index (χ1n) is 8.06. The van der Waals surface area contributed by atoms with Crippen LogP contribution in [0.1, 0.15) is 48.9 Å². The highest BCUT2D eigenvalue weighted by atomic mass is 16.4. The Morgan fingerprint density at radius 3 is 2.54 bits per heavy atom. The van der Waals surface area contributed by atoms with Gasteiger partial charge in [0.25, 0.3) is 11.5 Å². The van der Waals surface area contributed by atoms with Crippen LogP contribution in [0.4, 0.5) is 0 Å². The van der Waals surface area contributed by atoms with Crippen LogP contribution in [0.15, 0.2) is 35.4 Å². The second kappa shape index (κ2) is 6.43. The predicted octanol–water partition coefficient (Wildman–Crippen LogP) is 1.60. The van der Waals surface area contributed by atoms with E-state index in [-0.39, 0.29) is 5.56 Å². The molecule has 1 amide bonds. The van der Waals surface area contributed by atoms with Crippen LogP contribution >= 0.6 is 0 Å². The number of nitrogens with one attached hydrogen (secondary N) is 1. The molecule has 1 aliphatic rings. The minimum absolute atomic E-state index is 0.149. The monoisotopic (exact) mass is 329 g/mol. The van der Waals surface area contributed by atoms with Crippen LogP contribution in [0, 0.1) is 0 Å². The van der Waals surface area contributed by atoms with E-state index in [1.165, 1.54) is 16.8 Å². The predicted molar refractivity (Wildman–Crippen MR) is 87.0 cm³/mol. The summed E-state index contributed by atoms with van der Waals surface area (Å²) in [5, 5.41) is 12.2. The standard InChI is InChI=1S/C17H19N3O4/c21-14(19-17(16(23)24)8-4-1-2-5-9-17)12-11-18-13-7-3-6-10-20(13)15(12)22/h3,6-7,10-11H,1-2,4-5,8-9H2,(H,19,21)(H,23,24). The molecular formula is C17H19N3O4. The number of aliphatic carboxylic acids is 1. The second-order valence-corrected chi connectivity index (χ2v) is 6.16. The fraction of sp³-hybridized carbons (Fsp3) is 0.412. The van der Waals surface area contributed by atoms with Crippen molar-refractivity contribution in [2.45, 2.75) is 44.1 Å². The van der Waals surface area contributed by atoms with Crippen molar-refractivity contribution < 1.29 is 14.7 Å². The Bertz CT molecular complexity index is 835. The molecule has 0 radical (unpaired) electrons. The molecule has 24 heavy (non-hydrogen) atoms. The summed E-state index contributed by atoms with van der Waals surface area (Å²) in [5.74, 6) is -1.73. The minimum Gasteiger partial charge on any atom is -0.480 e. The van der Waals surface area contributed by atoms with Crippen LogP contribution in [-0.2, 0) is 4.79 Å². The first-order valence-corrected chi connectivity index (χ1v) is 8.06. The third kappa shape index (κ3) is 2.89. The Kier molecular flexibility index (Phi) is 4.33. The van der Waals surface area contributed by atoms with Crippen molar-refractivity contribution in [3.8, 4) is 0 Å². The molecule has 2 heterocycles. The lowest BCUT2D eigenvalue weighted by Gasteiger charge is -2.29. The number of fused-ring (bicyclic) bond motifs is 1. The Morgan fingerprint density at radius 1 is 1.17 bits per heavy atom. The van der Waals surface area contributed by atoms with Gasteiger partial charge in [-0.2, -0.15) is 0 Å². The molecule has 3 rings (SSSR count). The average Bonchev–Trinajstić information content (AvgIpc) is 2.82. The van der Waals surface area contributed by atoms with Gasteiger partial charge in [0.1, 0.15) is 16.7 Å². The minimum atomic E-state index is -1.31. The smallest absolute Gasteiger partial charge is 0.329 e. The summed E-state index contributed by atoms with van der Waals surface area (Å²) in [7, 11) is 0. The fourth-order valence-electron chi connectivity index (χ4n) is 3.19. The summed E-state index contributed by atoms with van der Waals surface area (Å²) in [5.41, 5.74) is -1.53.